The molecule has 0 aromatic heterocycles. The van der Waals surface area contributed by atoms with Crippen molar-refractivity contribution in [3.63, 3.8) is 0 Å². The van der Waals surface area contributed by atoms with Crippen molar-refractivity contribution >= 4 is 21.8 Å². The van der Waals surface area contributed by atoms with Crippen LogP contribution < -0.4 is 5.32 Å². The third kappa shape index (κ3) is 5.84. The van der Waals surface area contributed by atoms with Crippen LogP contribution in [0, 0.1) is 11.7 Å². The lowest BCUT2D eigenvalue weighted by Crippen LogP contribution is -2.31. The Kier molecular flexibility index (Phi) is 7.47. The molecule has 2 N–H and O–H groups in total. The van der Waals surface area contributed by atoms with Crippen LogP contribution in [0.15, 0.2) is 35.3 Å². The van der Waals surface area contributed by atoms with Crippen LogP contribution in [0.4, 0.5) is 4.39 Å². The van der Waals surface area contributed by atoms with Gasteiger partial charge in [0.2, 0.25) is 5.91 Å². The second kappa shape index (κ2) is 8.87. The maximum Gasteiger partial charge on any atom is 0.220 e. The van der Waals surface area contributed by atoms with Gasteiger partial charge in [-0.25, -0.2) is 4.39 Å². The summed E-state index contributed by atoms with van der Waals surface area (Å²) in [6.45, 7) is 3.78. The van der Waals surface area contributed by atoms with Crippen LogP contribution in [0.3, 0.4) is 0 Å². The van der Waals surface area contributed by atoms with Gasteiger partial charge in [-0.1, -0.05) is 22.0 Å². The maximum atomic E-state index is 13.6. The van der Waals surface area contributed by atoms with E-state index in [0.717, 1.165) is 4.47 Å². The fourth-order valence-electron chi connectivity index (χ4n) is 1.79. The standard InChI is InChI=1S/C15H19BrFNO2/c1-2-3-4-15(20)18-9-11(10-19)7-12-8-13(16)5-6-14(12)17/h2,5-6,8,11,19H,1,3-4,7,9-10H2,(H,18,20)/t11-/m1/s1. The minimum absolute atomic E-state index is 0.0851. The molecular weight excluding hydrogens is 325 g/mol. The molecule has 0 saturated carbocycles. The van der Waals surface area contributed by atoms with Crippen molar-refractivity contribution in [1.29, 1.82) is 0 Å². The number of hydrogen-bond acceptors (Lipinski definition) is 2. The lowest BCUT2D eigenvalue weighted by atomic mass is 9.99. The molecule has 0 unspecified atom stereocenters. The number of halogens is 2. The number of nitrogens with one attached hydrogen (secondary N) is 1. The van der Waals surface area contributed by atoms with E-state index in [1.165, 1.54) is 6.07 Å². The van der Waals surface area contributed by atoms with Gasteiger partial charge in [-0.15, -0.1) is 6.58 Å². The van der Waals surface area contributed by atoms with Crippen LogP contribution in [0.1, 0.15) is 18.4 Å². The minimum atomic E-state index is -0.301. The molecule has 0 spiro atoms. The molecule has 0 fully saturated rings. The van der Waals surface area contributed by atoms with Crippen LogP contribution in [-0.4, -0.2) is 24.2 Å². The lowest BCUT2D eigenvalue weighted by molar-refractivity contribution is -0.121. The first-order valence-corrected chi connectivity index (χ1v) is 7.28. The van der Waals surface area contributed by atoms with Crippen LogP contribution in [-0.2, 0) is 11.2 Å². The second-order valence-electron chi connectivity index (χ2n) is 4.62. The van der Waals surface area contributed by atoms with Crippen molar-refractivity contribution in [1.82, 2.24) is 5.32 Å². The van der Waals surface area contributed by atoms with E-state index in [1.54, 1.807) is 18.2 Å². The average Bonchev–Trinajstić information content (AvgIpc) is 2.44. The summed E-state index contributed by atoms with van der Waals surface area (Å²) in [6.07, 6.45) is 3.06. The predicted octanol–water partition coefficient (Wildman–Crippen LogP) is 2.82. The largest absolute Gasteiger partial charge is 0.396 e. The summed E-state index contributed by atoms with van der Waals surface area (Å²) in [4.78, 5) is 11.5. The van der Waals surface area contributed by atoms with Gasteiger partial charge in [0.05, 0.1) is 0 Å². The fourth-order valence-corrected chi connectivity index (χ4v) is 2.20. The molecule has 0 aliphatic rings. The van der Waals surface area contributed by atoms with Crippen molar-refractivity contribution in [2.45, 2.75) is 19.3 Å². The average molecular weight is 344 g/mol. The normalized spacial score (nSPS) is 11.9. The molecule has 20 heavy (non-hydrogen) atoms. The SMILES string of the molecule is C=CCCC(=O)NC[C@H](CO)Cc1cc(Br)ccc1F. The Labute approximate surface area is 127 Å². The molecule has 0 heterocycles. The second-order valence-corrected chi connectivity index (χ2v) is 5.54. The Bertz CT molecular complexity index is 465. The minimum Gasteiger partial charge on any atom is -0.396 e. The van der Waals surface area contributed by atoms with Crippen molar-refractivity contribution in [3.05, 3.63) is 46.7 Å². The molecule has 0 aliphatic heterocycles. The highest BCUT2D eigenvalue weighted by Gasteiger charge is 2.13. The Morgan fingerprint density at radius 2 is 2.30 bits per heavy atom. The molecule has 5 heteroatoms. The van der Waals surface area contributed by atoms with Crippen molar-refractivity contribution in [3.8, 4) is 0 Å². The van der Waals surface area contributed by atoms with Crippen molar-refractivity contribution < 1.29 is 14.3 Å². The molecule has 1 aromatic rings. The molecule has 110 valence electrons. The molecule has 0 radical (unpaired) electrons. The van der Waals surface area contributed by atoms with Gasteiger partial charge in [-0.3, -0.25) is 4.79 Å². The molecule has 1 atom stereocenters. The van der Waals surface area contributed by atoms with Gasteiger partial charge >= 0.3 is 0 Å². The van der Waals surface area contributed by atoms with Crippen LogP contribution in [0.2, 0.25) is 0 Å². The molecule has 1 rings (SSSR count). The third-order valence-electron chi connectivity index (χ3n) is 2.94. The first-order valence-electron chi connectivity index (χ1n) is 6.49. The van der Waals surface area contributed by atoms with E-state index >= 15 is 0 Å². The summed E-state index contributed by atoms with van der Waals surface area (Å²) in [7, 11) is 0. The van der Waals surface area contributed by atoms with Gasteiger partial charge in [0.1, 0.15) is 5.82 Å². The zero-order valence-electron chi connectivity index (χ0n) is 11.2. The van der Waals surface area contributed by atoms with E-state index in [4.69, 9.17) is 0 Å². The van der Waals surface area contributed by atoms with Gasteiger partial charge in [-0.2, -0.15) is 0 Å². The predicted molar refractivity (Wildman–Crippen MR) is 80.8 cm³/mol. The van der Waals surface area contributed by atoms with Crippen LogP contribution >= 0.6 is 15.9 Å². The number of carbonyl (C=O) groups is 1. The number of aliphatic hydroxyl groups excluding tert-OH is 1. The monoisotopic (exact) mass is 343 g/mol. The summed E-state index contributed by atoms with van der Waals surface area (Å²) in [6, 6.07) is 4.71. The van der Waals surface area contributed by atoms with E-state index in [-0.39, 0.29) is 24.2 Å². The lowest BCUT2D eigenvalue weighted by Gasteiger charge is -2.15. The van der Waals surface area contributed by atoms with Gasteiger partial charge in [0.15, 0.2) is 0 Å². The topological polar surface area (TPSA) is 49.3 Å². The fraction of sp³-hybridized carbons (Fsp3) is 0.400. The van der Waals surface area contributed by atoms with Gasteiger partial charge < -0.3 is 10.4 Å². The van der Waals surface area contributed by atoms with Crippen molar-refractivity contribution in [2.75, 3.05) is 13.2 Å². The maximum absolute atomic E-state index is 13.6. The summed E-state index contributed by atoms with van der Waals surface area (Å²) in [5.74, 6) is -0.589. The van der Waals surface area contributed by atoms with E-state index in [1.807, 2.05) is 0 Å². The highest BCUT2D eigenvalue weighted by Crippen LogP contribution is 2.18. The zero-order valence-corrected chi connectivity index (χ0v) is 12.8. The van der Waals surface area contributed by atoms with E-state index < -0.39 is 0 Å². The summed E-state index contributed by atoms with van der Waals surface area (Å²) in [5, 5.41) is 12.1. The van der Waals surface area contributed by atoms with E-state index in [9.17, 15) is 14.3 Å². The van der Waals surface area contributed by atoms with Gasteiger partial charge in [-0.05, 0) is 36.6 Å². The number of aliphatic hydroxyl groups is 1. The molecule has 1 aromatic carbocycles. The Balaban J connectivity index is 2.52. The molecule has 1 amide bonds. The number of carbonyl (C=O) groups excluding carboxylic acids is 1. The number of rotatable bonds is 8. The summed E-state index contributed by atoms with van der Waals surface area (Å²) < 4.78 is 14.4. The first kappa shape index (κ1) is 16.9. The van der Waals surface area contributed by atoms with Crippen LogP contribution in [0.25, 0.3) is 0 Å². The number of allylic oxidation sites excluding steroid dienone is 1. The molecule has 3 nitrogen and oxygen atoms in total. The van der Waals surface area contributed by atoms with Gasteiger partial charge in [0, 0.05) is 30.0 Å². The smallest absolute Gasteiger partial charge is 0.220 e. The summed E-state index contributed by atoms with van der Waals surface area (Å²) in [5.41, 5.74) is 0.527. The van der Waals surface area contributed by atoms with Gasteiger partial charge in [0.25, 0.3) is 0 Å². The van der Waals surface area contributed by atoms with E-state index in [0.29, 0.717) is 31.4 Å². The first-order chi connectivity index (χ1) is 9.56. The quantitative estimate of drug-likeness (QED) is 0.713. The Morgan fingerprint density at radius 1 is 1.55 bits per heavy atom. The highest BCUT2D eigenvalue weighted by atomic mass is 79.9. The van der Waals surface area contributed by atoms with E-state index in [2.05, 4.69) is 27.8 Å². The zero-order chi connectivity index (χ0) is 15.0. The molecule has 0 aliphatic carbocycles. The summed E-state index contributed by atoms with van der Waals surface area (Å²) >= 11 is 3.29. The molecule has 0 saturated heterocycles. The van der Waals surface area contributed by atoms with Crippen LogP contribution in [0.5, 0.6) is 0 Å². The number of hydrogen-bond donors (Lipinski definition) is 2. The molecule has 0 bridgehead atoms. The third-order valence-corrected chi connectivity index (χ3v) is 3.43. The Hall–Kier alpha value is -1.20. The van der Waals surface area contributed by atoms with Crippen molar-refractivity contribution in [2.24, 2.45) is 5.92 Å². The Morgan fingerprint density at radius 3 is 2.95 bits per heavy atom. The number of benzene rings is 1. The number of amides is 1. The highest BCUT2D eigenvalue weighted by molar-refractivity contribution is 9.10. The molecular formula is C15H19BrFNO2.